The van der Waals surface area contributed by atoms with E-state index in [1.807, 2.05) is 0 Å². The lowest BCUT2D eigenvalue weighted by Gasteiger charge is -0.668. The van der Waals surface area contributed by atoms with Crippen LogP contribution in [0.2, 0.25) is 0 Å². The molecule has 0 aromatic heterocycles. The van der Waals surface area contributed by atoms with Gasteiger partial charge in [0.2, 0.25) is 0 Å². The summed E-state index contributed by atoms with van der Waals surface area (Å²) in [6, 6.07) is 0. The molecular weight excluding hydrogens is 158 g/mol. The molecule has 0 aliphatic carbocycles. The standard InChI is InChI=1S/2CHN.3ClH/c2*1-2;;;/h2*1H;3*1H. The molecule has 2 nitrogen and oxygen atoms in total. The van der Waals surface area contributed by atoms with Gasteiger partial charge in [0.25, 0.3) is 0 Å². The van der Waals surface area contributed by atoms with Crippen molar-refractivity contribution in [2.45, 2.75) is 0 Å². The normalized spacial score (nSPS) is 0.571. The van der Waals surface area contributed by atoms with Crippen LogP contribution in [0.25, 0.3) is 0 Å². The maximum absolute atomic E-state index is 6.50. The minimum atomic E-state index is 0. The monoisotopic (exact) mass is 162 g/mol. The third-order valence-corrected chi connectivity index (χ3v) is 0. The van der Waals surface area contributed by atoms with Gasteiger partial charge in [0.15, 0.2) is 0 Å². The first-order chi connectivity index (χ1) is 2.00. The van der Waals surface area contributed by atoms with Crippen LogP contribution in [-0.4, -0.2) is 0 Å². The lowest BCUT2D eigenvalue weighted by Crippen LogP contribution is -0.569. The van der Waals surface area contributed by atoms with E-state index < -0.39 is 0 Å². The van der Waals surface area contributed by atoms with E-state index in [-0.39, 0.29) is 37.2 Å². The summed E-state index contributed by atoms with van der Waals surface area (Å²) in [6.07, 6.45) is 0. The molecule has 0 unspecified atom stereocenters. The Kier molecular flexibility index (Phi) is 59800. The molecule has 0 radical (unpaired) electrons. The maximum Gasteiger partial charge on any atom is 0.0462 e. The number of rotatable bonds is 0. The summed E-state index contributed by atoms with van der Waals surface area (Å²) in [5, 5.41) is 13.0. The van der Waals surface area contributed by atoms with Crippen molar-refractivity contribution in [3.05, 3.63) is 0 Å². The van der Waals surface area contributed by atoms with Crippen LogP contribution in [0.3, 0.4) is 0 Å². The average Bonchev–Trinajstić information content (AvgIpc) is 1.50. The first kappa shape index (κ1) is 68.5. The molecule has 0 aromatic rings. The van der Waals surface area contributed by atoms with Gasteiger partial charge in [0, 0.05) is 13.1 Å². The van der Waals surface area contributed by atoms with E-state index in [0.717, 1.165) is 0 Å². The van der Waals surface area contributed by atoms with Crippen LogP contribution in [-0.2, 0) is 0 Å². The molecule has 5 heteroatoms. The van der Waals surface area contributed by atoms with Crippen LogP contribution in [0.1, 0.15) is 0 Å². The molecule has 0 N–H and O–H groups in total. The van der Waals surface area contributed by atoms with Crippen molar-refractivity contribution in [3.63, 3.8) is 0 Å². The van der Waals surface area contributed by atoms with Crippen LogP contribution in [0.4, 0.5) is 0 Å². The van der Waals surface area contributed by atoms with Crippen molar-refractivity contribution < 1.29 is 0 Å². The summed E-state index contributed by atoms with van der Waals surface area (Å²) in [4.78, 5) is 0. The molecule has 0 saturated carbocycles. The van der Waals surface area contributed by atoms with Gasteiger partial charge in [-0.25, -0.2) is 10.5 Å². The first-order valence-corrected chi connectivity index (χ1v) is 0.516. The van der Waals surface area contributed by atoms with Gasteiger partial charge in [-0.15, -0.1) is 37.2 Å². The Labute approximate surface area is 61.4 Å². The summed E-state index contributed by atoms with van der Waals surface area (Å²) in [5.74, 6) is 0. The van der Waals surface area contributed by atoms with Gasteiger partial charge in [0.1, 0.15) is 0 Å². The van der Waals surface area contributed by atoms with Crippen molar-refractivity contribution in [2.75, 3.05) is 0 Å². The van der Waals surface area contributed by atoms with Crippen molar-refractivity contribution in [1.29, 1.82) is 10.5 Å². The number of halogens is 3. The largest absolute Gasteiger partial charge is 0.202 e. The number of nitrogens with zero attached hydrogens (tertiary/aromatic N) is 2. The van der Waals surface area contributed by atoms with Crippen LogP contribution in [0, 0.1) is 23.7 Å². The molecule has 0 saturated heterocycles. The Morgan fingerprint density at radius 3 is 0.571 bits per heavy atom. The number of hydrogen-bond acceptors (Lipinski definition) is 2. The van der Waals surface area contributed by atoms with E-state index in [0.29, 0.717) is 0 Å². The highest BCUT2D eigenvalue weighted by molar-refractivity contribution is 5.86. The molecule has 0 aromatic carbocycles. The quantitative estimate of drug-likeness (QED) is 0.544. The zero-order valence-electron chi connectivity index (χ0n) is 3.27. The molecule has 44 valence electrons. The van der Waals surface area contributed by atoms with Crippen LogP contribution < -0.4 is 0 Å². The number of hydrogen-bond donors (Lipinski definition) is 0. The molecule has 0 rings (SSSR count). The Hall–Kier alpha value is -0.150. The van der Waals surface area contributed by atoms with Crippen molar-refractivity contribution >= 4 is 37.2 Å². The molecule has 7 heavy (non-hydrogen) atoms. The van der Waals surface area contributed by atoms with Gasteiger partial charge in [0.05, 0.1) is 0 Å². The molecule has 0 atom stereocenters. The van der Waals surface area contributed by atoms with E-state index >= 15 is 0 Å². The van der Waals surface area contributed by atoms with Crippen LogP contribution in [0.15, 0.2) is 0 Å². The minimum Gasteiger partial charge on any atom is -0.202 e. The van der Waals surface area contributed by atoms with Crippen molar-refractivity contribution in [2.24, 2.45) is 0 Å². The Bertz CT molecular complexity index is 26.4. The highest BCUT2D eigenvalue weighted by Crippen LogP contribution is 0.692. The molecule has 0 amide bonds. The fourth-order valence-corrected chi connectivity index (χ4v) is 0. The zero-order chi connectivity index (χ0) is 4.00. The third kappa shape index (κ3) is 3850. The summed E-state index contributed by atoms with van der Waals surface area (Å²) in [7, 11) is 0. The maximum atomic E-state index is 6.50. The fraction of sp³-hybridized carbons (Fsp3) is 0. The topological polar surface area (TPSA) is 47.6 Å². The van der Waals surface area contributed by atoms with Crippen molar-refractivity contribution in [1.82, 2.24) is 0 Å². The van der Waals surface area contributed by atoms with Crippen LogP contribution >= 0.6 is 37.2 Å². The molecule has 0 aliphatic rings. The molecule has 0 aliphatic heterocycles. The summed E-state index contributed by atoms with van der Waals surface area (Å²) in [5.41, 5.74) is 0. The van der Waals surface area contributed by atoms with Gasteiger partial charge in [-0.05, 0) is 0 Å². The van der Waals surface area contributed by atoms with E-state index in [2.05, 4.69) is 13.1 Å². The smallest absolute Gasteiger partial charge is 0.0462 e. The van der Waals surface area contributed by atoms with E-state index in [9.17, 15) is 0 Å². The van der Waals surface area contributed by atoms with Crippen LogP contribution in [0.5, 0.6) is 0 Å². The second-order valence-electron chi connectivity index (χ2n) is 0. The number of nitriles is 2. The SMILES string of the molecule is C#N.C#N.Cl.Cl.Cl. The zero-order valence-corrected chi connectivity index (χ0v) is 5.72. The van der Waals surface area contributed by atoms with Gasteiger partial charge in [-0.3, -0.25) is 0 Å². The summed E-state index contributed by atoms with van der Waals surface area (Å²) < 4.78 is 0. The molecule has 0 fully saturated rings. The molecule has 0 bridgehead atoms. The second-order valence-corrected chi connectivity index (χ2v) is 0. The van der Waals surface area contributed by atoms with Gasteiger partial charge in [-0.1, -0.05) is 0 Å². The average molecular weight is 163 g/mol. The Morgan fingerprint density at radius 2 is 0.571 bits per heavy atom. The molecule has 0 heterocycles. The molecular formula is C2H5Cl3N2. The van der Waals surface area contributed by atoms with Crippen molar-refractivity contribution in [3.8, 4) is 13.1 Å². The first-order valence-electron chi connectivity index (χ1n) is 0.516. The van der Waals surface area contributed by atoms with Gasteiger partial charge < -0.3 is 0 Å². The Morgan fingerprint density at radius 1 is 0.571 bits per heavy atom. The lowest BCUT2D eigenvalue weighted by atomic mass is 11.9. The summed E-state index contributed by atoms with van der Waals surface area (Å²) >= 11 is 0. The van der Waals surface area contributed by atoms with E-state index in [1.165, 1.54) is 0 Å². The van der Waals surface area contributed by atoms with Gasteiger partial charge in [-0.2, -0.15) is 0 Å². The lowest BCUT2D eigenvalue weighted by molar-refractivity contribution is 1.58. The third-order valence-electron chi connectivity index (χ3n) is 0. The van der Waals surface area contributed by atoms with E-state index in [4.69, 9.17) is 10.5 Å². The highest BCUT2D eigenvalue weighted by Gasteiger charge is 0.515. The second kappa shape index (κ2) is 6120. The predicted octanol–water partition coefficient (Wildman–Crippen LogP) is 1.54. The highest BCUT2D eigenvalue weighted by atomic mass is 35.5. The molecule has 0 spiro atoms. The predicted molar refractivity (Wildman–Crippen MR) is 35.1 cm³/mol. The van der Waals surface area contributed by atoms with E-state index in [1.54, 1.807) is 0 Å². The minimum absolute atomic E-state index is 0. The van der Waals surface area contributed by atoms with Gasteiger partial charge >= 0.3 is 0 Å². The fourth-order valence-electron chi connectivity index (χ4n) is 0. The Balaban J connectivity index is -0.00000000267. The summed E-state index contributed by atoms with van der Waals surface area (Å²) in [6.45, 7) is 7.00.